The maximum Gasteiger partial charge on any atom is 0.264 e. The van der Waals surface area contributed by atoms with E-state index in [0.29, 0.717) is 23.6 Å². The molecule has 0 aromatic heterocycles. The molecule has 0 bridgehead atoms. The Morgan fingerprint density at radius 2 is 1.84 bits per heavy atom. The number of nitrogens with zero attached hydrogens (tertiary/aromatic N) is 1. The molecule has 25 heavy (non-hydrogen) atoms. The quantitative estimate of drug-likeness (QED) is 0.879. The van der Waals surface area contributed by atoms with Crippen molar-refractivity contribution in [2.24, 2.45) is 0 Å². The SMILES string of the molecule is CCOc1ccccc1CN1C(=O)[C@@](O)(CC(C)=O)c2ccccc21. The summed E-state index contributed by atoms with van der Waals surface area (Å²) in [5.41, 5.74) is 0.148. The first kappa shape index (κ1) is 17.2. The van der Waals surface area contributed by atoms with Crippen molar-refractivity contribution < 1.29 is 19.4 Å². The summed E-state index contributed by atoms with van der Waals surface area (Å²) >= 11 is 0. The van der Waals surface area contributed by atoms with Crippen LogP contribution in [0.15, 0.2) is 48.5 Å². The van der Waals surface area contributed by atoms with E-state index in [0.717, 1.165) is 5.56 Å². The summed E-state index contributed by atoms with van der Waals surface area (Å²) in [6, 6.07) is 14.6. The van der Waals surface area contributed by atoms with Crippen molar-refractivity contribution in [3.8, 4) is 5.75 Å². The molecule has 0 saturated carbocycles. The predicted molar refractivity (Wildman–Crippen MR) is 94.4 cm³/mol. The molecule has 5 heteroatoms. The summed E-state index contributed by atoms with van der Waals surface area (Å²) in [5, 5.41) is 11.0. The number of carbonyl (C=O) groups is 2. The minimum atomic E-state index is -1.80. The predicted octanol–water partition coefficient (Wildman–Crippen LogP) is 2.80. The number of carbonyl (C=O) groups excluding carboxylic acids is 2. The first-order valence-electron chi connectivity index (χ1n) is 8.31. The molecule has 1 aliphatic heterocycles. The number of ketones is 1. The molecule has 130 valence electrons. The lowest BCUT2D eigenvalue weighted by Crippen LogP contribution is -2.41. The molecule has 1 heterocycles. The molecule has 3 rings (SSSR count). The molecular weight excluding hydrogens is 318 g/mol. The number of hydrogen-bond acceptors (Lipinski definition) is 4. The van der Waals surface area contributed by atoms with Gasteiger partial charge >= 0.3 is 0 Å². The molecule has 1 aliphatic rings. The number of rotatable bonds is 6. The fourth-order valence-electron chi connectivity index (χ4n) is 3.30. The van der Waals surface area contributed by atoms with Gasteiger partial charge in [-0.05, 0) is 26.0 Å². The first-order valence-corrected chi connectivity index (χ1v) is 8.31. The van der Waals surface area contributed by atoms with Gasteiger partial charge in [0.05, 0.1) is 18.8 Å². The third-order valence-corrected chi connectivity index (χ3v) is 4.35. The zero-order valence-electron chi connectivity index (χ0n) is 14.4. The summed E-state index contributed by atoms with van der Waals surface area (Å²) in [7, 11) is 0. The summed E-state index contributed by atoms with van der Waals surface area (Å²) in [6.07, 6.45) is -0.230. The number of anilines is 1. The van der Waals surface area contributed by atoms with Crippen LogP contribution in [0, 0.1) is 0 Å². The van der Waals surface area contributed by atoms with Crippen LogP contribution in [0.4, 0.5) is 5.69 Å². The van der Waals surface area contributed by atoms with Crippen molar-refractivity contribution in [3.63, 3.8) is 0 Å². The van der Waals surface area contributed by atoms with E-state index in [1.807, 2.05) is 37.3 Å². The minimum Gasteiger partial charge on any atom is -0.494 e. The maximum absolute atomic E-state index is 13.0. The fourth-order valence-corrected chi connectivity index (χ4v) is 3.30. The highest BCUT2D eigenvalue weighted by atomic mass is 16.5. The second-order valence-corrected chi connectivity index (χ2v) is 6.19. The minimum absolute atomic E-state index is 0.230. The summed E-state index contributed by atoms with van der Waals surface area (Å²) in [4.78, 5) is 26.1. The Labute approximate surface area is 146 Å². The number of aliphatic hydroxyl groups is 1. The van der Waals surface area contributed by atoms with Gasteiger partial charge in [-0.1, -0.05) is 36.4 Å². The van der Waals surface area contributed by atoms with Gasteiger partial charge in [0.15, 0.2) is 5.60 Å². The van der Waals surface area contributed by atoms with Gasteiger partial charge in [0, 0.05) is 17.5 Å². The average molecular weight is 339 g/mol. The molecule has 0 radical (unpaired) electrons. The van der Waals surface area contributed by atoms with Crippen molar-refractivity contribution in [1.82, 2.24) is 0 Å². The van der Waals surface area contributed by atoms with Crippen molar-refractivity contribution in [2.75, 3.05) is 11.5 Å². The molecule has 1 atom stereocenters. The summed E-state index contributed by atoms with van der Waals surface area (Å²) < 4.78 is 5.63. The topological polar surface area (TPSA) is 66.8 Å². The molecule has 0 fully saturated rings. The Kier molecular flexibility index (Phi) is 4.59. The number of benzene rings is 2. The van der Waals surface area contributed by atoms with Gasteiger partial charge < -0.3 is 14.7 Å². The molecule has 0 unspecified atom stereocenters. The van der Waals surface area contributed by atoms with E-state index in [2.05, 4.69) is 0 Å². The van der Waals surface area contributed by atoms with E-state index in [1.165, 1.54) is 11.8 Å². The van der Waals surface area contributed by atoms with E-state index in [4.69, 9.17) is 4.74 Å². The van der Waals surface area contributed by atoms with Crippen molar-refractivity contribution in [3.05, 3.63) is 59.7 Å². The van der Waals surface area contributed by atoms with Gasteiger partial charge in [0.25, 0.3) is 5.91 Å². The number of ether oxygens (including phenoxy) is 1. The zero-order valence-corrected chi connectivity index (χ0v) is 14.4. The normalized spacial score (nSPS) is 19.0. The Morgan fingerprint density at radius 3 is 2.56 bits per heavy atom. The monoisotopic (exact) mass is 339 g/mol. The maximum atomic E-state index is 13.0. The fraction of sp³-hybridized carbons (Fsp3) is 0.300. The Balaban J connectivity index is 2.01. The Morgan fingerprint density at radius 1 is 1.16 bits per heavy atom. The number of Topliss-reactive ketones (excluding diaryl/α,β-unsaturated/α-hetero) is 1. The molecule has 0 spiro atoms. The van der Waals surface area contributed by atoms with Crippen LogP contribution in [0.3, 0.4) is 0 Å². The van der Waals surface area contributed by atoms with Gasteiger partial charge in [-0.15, -0.1) is 0 Å². The van der Waals surface area contributed by atoms with Gasteiger partial charge in [-0.3, -0.25) is 9.59 Å². The van der Waals surface area contributed by atoms with Crippen LogP contribution in [0.2, 0.25) is 0 Å². The number of amides is 1. The van der Waals surface area contributed by atoms with Gasteiger partial charge in [0.2, 0.25) is 0 Å². The second-order valence-electron chi connectivity index (χ2n) is 6.19. The lowest BCUT2D eigenvalue weighted by atomic mass is 9.90. The molecular formula is C20H21NO4. The Bertz CT molecular complexity index is 817. The van der Waals surface area contributed by atoms with E-state index in [-0.39, 0.29) is 18.7 Å². The van der Waals surface area contributed by atoms with Crippen LogP contribution < -0.4 is 9.64 Å². The van der Waals surface area contributed by atoms with Crippen molar-refractivity contribution in [2.45, 2.75) is 32.4 Å². The average Bonchev–Trinajstić information content (AvgIpc) is 2.78. The molecule has 1 amide bonds. The van der Waals surface area contributed by atoms with Crippen LogP contribution in [0.1, 0.15) is 31.4 Å². The van der Waals surface area contributed by atoms with Gasteiger partial charge in [-0.25, -0.2) is 0 Å². The van der Waals surface area contributed by atoms with Crippen LogP contribution >= 0.6 is 0 Å². The van der Waals surface area contributed by atoms with Crippen molar-refractivity contribution in [1.29, 1.82) is 0 Å². The molecule has 2 aromatic rings. The van der Waals surface area contributed by atoms with Gasteiger partial charge in [0.1, 0.15) is 11.5 Å². The highest BCUT2D eigenvalue weighted by Gasteiger charge is 2.50. The second kappa shape index (κ2) is 6.69. The third kappa shape index (κ3) is 3.03. The van der Waals surface area contributed by atoms with Crippen molar-refractivity contribution >= 4 is 17.4 Å². The largest absolute Gasteiger partial charge is 0.494 e. The smallest absolute Gasteiger partial charge is 0.264 e. The highest BCUT2D eigenvalue weighted by Crippen LogP contribution is 2.43. The van der Waals surface area contributed by atoms with Crippen LogP contribution in [-0.4, -0.2) is 23.4 Å². The van der Waals surface area contributed by atoms with E-state index in [9.17, 15) is 14.7 Å². The molecule has 2 aromatic carbocycles. The number of fused-ring (bicyclic) bond motifs is 1. The van der Waals surface area contributed by atoms with E-state index in [1.54, 1.807) is 18.2 Å². The van der Waals surface area contributed by atoms with Gasteiger partial charge in [-0.2, -0.15) is 0 Å². The van der Waals surface area contributed by atoms with Crippen LogP contribution in [-0.2, 0) is 21.7 Å². The number of hydrogen-bond donors (Lipinski definition) is 1. The molecule has 1 N–H and O–H groups in total. The van der Waals surface area contributed by atoms with Crippen LogP contribution in [0.5, 0.6) is 5.75 Å². The third-order valence-electron chi connectivity index (χ3n) is 4.35. The lowest BCUT2D eigenvalue weighted by Gasteiger charge is -2.23. The van der Waals surface area contributed by atoms with Crippen LogP contribution in [0.25, 0.3) is 0 Å². The summed E-state index contributed by atoms with van der Waals surface area (Å²) in [6.45, 7) is 4.07. The molecule has 5 nitrogen and oxygen atoms in total. The lowest BCUT2D eigenvalue weighted by molar-refractivity contribution is -0.141. The van der Waals surface area contributed by atoms with E-state index < -0.39 is 11.5 Å². The molecule has 0 aliphatic carbocycles. The Hall–Kier alpha value is -2.66. The molecule has 0 saturated heterocycles. The zero-order chi connectivity index (χ0) is 18.0. The first-order chi connectivity index (χ1) is 12.0. The highest BCUT2D eigenvalue weighted by molar-refractivity contribution is 6.08. The van der Waals surface area contributed by atoms with E-state index >= 15 is 0 Å². The standard InChI is InChI=1S/C20H21NO4/c1-3-25-18-11-7-4-8-15(18)13-21-17-10-6-5-9-16(17)20(24,19(21)23)12-14(2)22/h4-11,24H,3,12-13H2,1-2H3/t20-/m1/s1. The number of para-hydroxylation sites is 2. The summed E-state index contributed by atoms with van der Waals surface area (Å²) in [5.74, 6) is -0.00490.